The molecule has 0 spiro atoms. The molecule has 0 aromatic heterocycles. The second-order valence-electron chi connectivity index (χ2n) is 4.66. The fraction of sp³-hybridized carbons (Fsp3) is 0.167. The van der Waals surface area contributed by atoms with Crippen molar-refractivity contribution in [3.8, 4) is 23.0 Å². The topological polar surface area (TPSA) is 65.0 Å². The molecule has 0 amide bonds. The Morgan fingerprint density at radius 2 is 1.74 bits per heavy atom. The van der Waals surface area contributed by atoms with Gasteiger partial charge < -0.3 is 19.3 Å². The van der Waals surface area contributed by atoms with Crippen LogP contribution in [0.3, 0.4) is 0 Å². The Labute approximate surface area is 134 Å². The second kappa shape index (κ2) is 7.35. The minimum Gasteiger partial charge on any atom is -0.507 e. The highest BCUT2D eigenvalue weighted by Gasteiger charge is 2.14. The van der Waals surface area contributed by atoms with Crippen LogP contribution >= 0.6 is 0 Å². The molecule has 0 bridgehead atoms. The van der Waals surface area contributed by atoms with Gasteiger partial charge in [0.15, 0.2) is 5.78 Å². The molecule has 0 unspecified atom stereocenters. The van der Waals surface area contributed by atoms with Crippen molar-refractivity contribution in [3.63, 3.8) is 0 Å². The molecule has 0 radical (unpaired) electrons. The highest BCUT2D eigenvalue weighted by Crippen LogP contribution is 2.29. The number of methoxy groups -OCH3 is 3. The number of phenols is 1. The summed E-state index contributed by atoms with van der Waals surface area (Å²) in [5, 5.41) is 9.89. The summed E-state index contributed by atoms with van der Waals surface area (Å²) < 4.78 is 15.5. The van der Waals surface area contributed by atoms with Crippen molar-refractivity contribution in [2.24, 2.45) is 0 Å². The predicted molar refractivity (Wildman–Crippen MR) is 87.6 cm³/mol. The Hall–Kier alpha value is -2.95. The van der Waals surface area contributed by atoms with Crippen LogP contribution in [0.2, 0.25) is 0 Å². The SMILES string of the molecule is COc1ccc(OC)c(C=CC(=O)c2c(O)cccc2OC)c1. The number of phenolic OH excluding ortho intramolecular Hbond substituents is 1. The van der Waals surface area contributed by atoms with Crippen LogP contribution in [0.1, 0.15) is 15.9 Å². The van der Waals surface area contributed by atoms with Gasteiger partial charge in [-0.3, -0.25) is 4.79 Å². The first-order chi connectivity index (χ1) is 11.1. The smallest absolute Gasteiger partial charge is 0.193 e. The number of ketones is 1. The maximum absolute atomic E-state index is 12.4. The second-order valence-corrected chi connectivity index (χ2v) is 4.66. The van der Waals surface area contributed by atoms with Crippen molar-refractivity contribution < 1.29 is 24.1 Å². The summed E-state index contributed by atoms with van der Waals surface area (Å²) in [6.07, 6.45) is 2.96. The van der Waals surface area contributed by atoms with E-state index in [0.717, 1.165) is 0 Å². The molecule has 5 heteroatoms. The summed E-state index contributed by atoms with van der Waals surface area (Å²) in [6.45, 7) is 0. The number of hydrogen-bond donors (Lipinski definition) is 1. The maximum atomic E-state index is 12.4. The first-order valence-corrected chi connectivity index (χ1v) is 6.91. The average Bonchev–Trinajstić information content (AvgIpc) is 2.58. The van der Waals surface area contributed by atoms with Crippen molar-refractivity contribution in [2.75, 3.05) is 21.3 Å². The molecular weight excluding hydrogens is 296 g/mol. The summed E-state index contributed by atoms with van der Waals surface area (Å²) in [7, 11) is 4.56. The summed E-state index contributed by atoms with van der Waals surface area (Å²) in [5.41, 5.74) is 0.808. The van der Waals surface area contributed by atoms with Crippen LogP contribution in [0.25, 0.3) is 6.08 Å². The van der Waals surface area contributed by atoms with Gasteiger partial charge in [0.05, 0.1) is 21.3 Å². The third-order valence-corrected chi connectivity index (χ3v) is 3.32. The summed E-state index contributed by atoms with van der Waals surface area (Å²) in [6, 6.07) is 9.95. The number of carbonyl (C=O) groups excluding carboxylic acids is 1. The molecule has 23 heavy (non-hydrogen) atoms. The zero-order valence-electron chi connectivity index (χ0n) is 13.2. The third-order valence-electron chi connectivity index (χ3n) is 3.32. The highest BCUT2D eigenvalue weighted by atomic mass is 16.5. The maximum Gasteiger partial charge on any atom is 0.193 e. The van der Waals surface area contributed by atoms with Crippen LogP contribution in [0.4, 0.5) is 0 Å². The van der Waals surface area contributed by atoms with E-state index in [1.165, 1.54) is 19.3 Å². The molecule has 1 N–H and O–H groups in total. The van der Waals surface area contributed by atoms with Gasteiger partial charge in [-0.25, -0.2) is 0 Å². The standard InChI is InChI=1S/C18H18O5/c1-21-13-8-10-16(22-2)12(11-13)7-9-15(20)18-14(19)5-4-6-17(18)23-3/h4-11,19H,1-3H3. The molecule has 0 atom stereocenters. The molecule has 120 valence electrons. The minimum atomic E-state index is -0.371. The number of benzene rings is 2. The van der Waals surface area contributed by atoms with E-state index < -0.39 is 0 Å². The van der Waals surface area contributed by atoms with Crippen LogP contribution in [-0.2, 0) is 0 Å². The van der Waals surface area contributed by atoms with Gasteiger partial charge in [0.1, 0.15) is 28.6 Å². The first kappa shape index (κ1) is 16.4. The van der Waals surface area contributed by atoms with E-state index in [1.54, 1.807) is 50.6 Å². The van der Waals surface area contributed by atoms with Gasteiger partial charge in [-0.05, 0) is 42.5 Å². The van der Waals surface area contributed by atoms with E-state index in [9.17, 15) is 9.90 Å². The molecule has 2 rings (SSSR count). The van der Waals surface area contributed by atoms with E-state index >= 15 is 0 Å². The van der Waals surface area contributed by atoms with Crippen LogP contribution in [0.15, 0.2) is 42.5 Å². The molecule has 0 heterocycles. The van der Waals surface area contributed by atoms with Crippen LogP contribution in [0.5, 0.6) is 23.0 Å². The Bertz CT molecular complexity index is 734. The van der Waals surface area contributed by atoms with Crippen molar-refractivity contribution in [3.05, 3.63) is 53.6 Å². The third kappa shape index (κ3) is 3.63. The number of allylic oxidation sites excluding steroid dienone is 1. The molecule has 5 nitrogen and oxygen atoms in total. The largest absolute Gasteiger partial charge is 0.507 e. The molecule has 0 fully saturated rings. The lowest BCUT2D eigenvalue weighted by Crippen LogP contribution is -1.99. The quantitative estimate of drug-likeness (QED) is 0.654. The van der Waals surface area contributed by atoms with E-state index in [2.05, 4.69) is 0 Å². The zero-order chi connectivity index (χ0) is 16.8. The van der Waals surface area contributed by atoms with Gasteiger partial charge in [0.2, 0.25) is 0 Å². The first-order valence-electron chi connectivity index (χ1n) is 6.91. The summed E-state index contributed by atoms with van der Waals surface area (Å²) in [4.78, 5) is 12.4. The van der Waals surface area contributed by atoms with Crippen molar-refractivity contribution in [1.29, 1.82) is 0 Å². The Morgan fingerprint density at radius 1 is 1.00 bits per heavy atom. The molecule has 0 aliphatic heterocycles. The molecule has 0 saturated heterocycles. The minimum absolute atomic E-state index is 0.119. The van der Waals surface area contributed by atoms with Gasteiger partial charge in [0.25, 0.3) is 0 Å². The lowest BCUT2D eigenvalue weighted by atomic mass is 10.1. The van der Waals surface area contributed by atoms with Gasteiger partial charge >= 0.3 is 0 Å². The van der Waals surface area contributed by atoms with Crippen molar-refractivity contribution in [2.45, 2.75) is 0 Å². The lowest BCUT2D eigenvalue weighted by Gasteiger charge is -2.08. The normalized spacial score (nSPS) is 10.6. The van der Waals surface area contributed by atoms with Crippen LogP contribution in [0, 0.1) is 0 Å². The summed E-state index contributed by atoms with van der Waals surface area (Å²) >= 11 is 0. The molecule has 0 saturated carbocycles. The number of carbonyl (C=O) groups is 1. The van der Waals surface area contributed by atoms with Crippen molar-refractivity contribution in [1.82, 2.24) is 0 Å². The van der Waals surface area contributed by atoms with Gasteiger partial charge in [-0.2, -0.15) is 0 Å². The molecule has 2 aromatic carbocycles. The zero-order valence-corrected chi connectivity index (χ0v) is 13.2. The Morgan fingerprint density at radius 3 is 2.39 bits per heavy atom. The molecule has 0 aliphatic carbocycles. The Kier molecular flexibility index (Phi) is 5.25. The van der Waals surface area contributed by atoms with Gasteiger partial charge in [-0.15, -0.1) is 0 Å². The van der Waals surface area contributed by atoms with E-state index in [-0.39, 0.29) is 17.1 Å². The monoisotopic (exact) mass is 314 g/mol. The highest BCUT2D eigenvalue weighted by molar-refractivity contribution is 6.10. The van der Waals surface area contributed by atoms with E-state index in [4.69, 9.17) is 14.2 Å². The van der Waals surface area contributed by atoms with Crippen LogP contribution in [-0.4, -0.2) is 32.2 Å². The molecular formula is C18H18O5. The molecule has 0 aliphatic rings. The van der Waals surface area contributed by atoms with Crippen LogP contribution < -0.4 is 14.2 Å². The van der Waals surface area contributed by atoms with E-state index in [0.29, 0.717) is 22.8 Å². The number of hydrogen-bond acceptors (Lipinski definition) is 5. The number of ether oxygens (including phenoxy) is 3. The number of rotatable bonds is 6. The van der Waals surface area contributed by atoms with Gasteiger partial charge in [-0.1, -0.05) is 6.07 Å². The van der Waals surface area contributed by atoms with Gasteiger partial charge in [0, 0.05) is 5.56 Å². The summed E-state index contributed by atoms with van der Waals surface area (Å²) in [5.74, 6) is 1.08. The Balaban J connectivity index is 2.36. The molecule has 2 aromatic rings. The fourth-order valence-corrected chi connectivity index (χ4v) is 2.16. The van der Waals surface area contributed by atoms with E-state index in [1.807, 2.05) is 0 Å². The predicted octanol–water partition coefficient (Wildman–Crippen LogP) is 3.31. The lowest BCUT2D eigenvalue weighted by molar-refractivity contribution is 0.104. The number of aromatic hydroxyl groups is 1. The fourth-order valence-electron chi connectivity index (χ4n) is 2.16. The van der Waals surface area contributed by atoms with Crippen molar-refractivity contribution >= 4 is 11.9 Å². The average molecular weight is 314 g/mol.